The maximum absolute atomic E-state index is 13.7. The Hall–Kier alpha value is -1.52. The van der Waals surface area contributed by atoms with Crippen molar-refractivity contribution < 1.29 is 13.2 Å². The van der Waals surface area contributed by atoms with E-state index >= 15 is 0 Å². The second-order valence-electron chi connectivity index (χ2n) is 4.27. The number of hydrogen-bond acceptors (Lipinski definition) is 1. The summed E-state index contributed by atoms with van der Waals surface area (Å²) in [5.41, 5.74) is 6.49. The maximum atomic E-state index is 13.7. The molecule has 0 saturated carbocycles. The fourth-order valence-electron chi connectivity index (χ4n) is 1.84. The molecule has 2 aromatic carbocycles. The van der Waals surface area contributed by atoms with Gasteiger partial charge in [-0.15, -0.1) is 0 Å². The summed E-state index contributed by atoms with van der Waals surface area (Å²) in [7, 11) is 0. The zero-order valence-corrected chi connectivity index (χ0v) is 10.8. The Morgan fingerprint density at radius 2 is 1.68 bits per heavy atom. The first kappa shape index (κ1) is 13.9. The van der Waals surface area contributed by atoms with Gasteiger partial charge in [0.2, 0.25) is 0 Å². The van der Waals surface area contributed by atoms with Gasteiger partial charge in [0.25, 0.3) is 0 Å². The highest BCUT2D eigenvalue weighted by atomic mass is 35.5. The van der Waals surface area contributed by atoms with Crippen LogP contribution in [0.15, 0.2) is 30.3 Å². The van der Waals surface area contributed by atoms with Crippen LogP contribution >= 0.6 is 11.6 Å². The van der Waals surface area contributed by atoms with E-state index in [4.69, 9.17) is 17.3 Å². The van der Waals surface area contributed by atoms with Crippen molar-refractivity contribution in [3.63, 3.8) is 0 Å². The second kappa shape index (κ2) is 5.23. The molecule has 0 heterocycles. The first-order chi connectivity index (χ1) is 8.90. The molecule has 2 rings (SSSR count). The van der Waals surface area contributed by atoms with Gasteiger partial charge in [-0.2, -0.15) is 0 Å². The van der Waals surface area contributed by atoms with Gasteiger partial charge in [0.15, 0.2) is 0 Å². The van der Waals surface area contributed by atoms with Crippen LogP contribution in [0.25, 0.3) is 0 Å². The predicted octanol–water partition coefficient (Wildman–Crippen LogP) is 4.11. The SMILES string of the molecule is Cc1cc(C(N)c2cc(F)ccc2Cl)c(F)cc1F. The van der Waals surface area contributed by atoms with Crippen molar-refractivity contribution >= 4 is 11.6 Å². The van der Waals surface area contributed by atoms with Crippen molar-refractivity contribution in [3.05, 3.63) is 69.5 Å². The van der Waals surface area contributed by atoms with E-state index in [-0.39, 0.29) is 21.7 Å². The third-order valence-electron chi connectivity index (χ3n) is 2.91. The lowest BCUT2D eigenvalue weighted by Crippen LogP contribution is -2.15. The van der Waals surface area contributed by atoms with Gasteiger partial charge in [-0.1, -0.05) is 11.6 Å². The van der Waals surface area contributed by atoms with Crippen molar-refractivity contribution in [2.24, 2.45) is 5.73 Å². The molecule has 1 unspecified atom stereocenters. The van der Waals surface area contributed by atoms with Gasteiger partial charge < -0.3 is 5.73 Å². The molecule has 0 aliphatic heterocycles. The normalized spacial score (nSPS) is 12.5. The standard InChI is InChI=1S/C14H11ClF3N/c1-7-4-10(13(18)6-12(7)17)14(19)9-5-8(16)2-3-11(9)15/h2-6,14H,19H2,1H3. The second-order valence-corrected chi connectivity index (χ2v) is 4.67. The van der Waals surface area contributed by atoms with Crippen LogP contribution in [0.4, 0.5) is 13.2 Å². The fourth-order valence-corrected chi connectivity index (χ4v) is 2.07. The molecule has 0 aliphatic carbocycles. The van der Waals surface area contributed by atoms with Crippen LogP contribution < -0.4 is 5.73 Å². The molecule has 0 bridgehead atoms. The van der Waals surface area contributed by atoms with E-state index in [9.17, 15) is 13.2 Å². The van der Waals surface area contributed by atoms with Gasteiger partial charge in [0, 0.05) is 16.7 Å². The zero-order valence-electron chi connectivity index (χ0n) is 10.1. The summed E-state index contributed by atoms with van der Waals surface area (Å²) in [5.74, 6) is -1.95. The predicted molar refractivity (Wildman–Crippen MR) is 68.5 cm³/mol. The summed E-state index contributed by atoms with van der Waals surface area (Å²) >= 11 is 5.92. The van der Waals surface area contributed by atoms with Gasteiger partial charge in [-0.05, 0) is 42.3 Å². The molecule has 5 heteroatoms. The highest BCUT2D eigenvalue weighted by molar-refractivity contribution is 6.31. The van der Waals surface area contributed by atoms with Crippen LogP contribution in [-0.4, -0.2) is 0 Å². The summed E-state index contributed by atoms with van der Waals surface area (Å²) in [6.07, 6.45) is 0. The Kier molecular flexibility index (Phi) is 3.83. The van der Waals surface area contributed by atoms with E-state index in [0.29, 0.717) is 0 Å². The largest absolute Gasteiger partial charge is 0.320 e. The lowest BCUT2D eigenvalue weighted by molar-refractivity contribution is 0.560. The van der Waals surface area contributed by atoms with Crippen LogP contribution in [0.5, 0.6) is 0 Å². The molecule has 100 valence electrons. The first-order valence-corrected chi connectivity index (χ1v) is 5.94. The van der Waals surface area contributed by atoms with E-state index in [1.54, 1.807) is 0 Å². The Labute approximate surface area is 113 Å². The summed E-state index contributed by atoms with van der Waals surface area (Å²) in [6, 6.07) is 4.78. The summed E-state index contributed by atoms with van der Waals surface area (Å²) in [4.78, 5) is 0. The van der Waals surface area contributed by atoms with Gasteiger partial charge in [-0.25, -0.2) is 13.2 Å². The molecule has 0 spiro atoms. The Balaban J connectivity index is 2.52. The number of halogens is 4. The van der Waals surface area contributed by atoms with Crippen LogP contribution in [0.1, 0.15) is 22.7 Å². The van der Waals surface area contributed by atoms with E-state index in [0.717, 1.165) is 12.1 Å². The molecular formula is C14H11ClF3N. The first-order valence-electron chi connectivity index (χ1n) is 5.56. The molecule has 0 aromatic heterocycles. The Morgan fingerprint density at radius 1 is 1.00 bits per heavy atom. The van der Waals surface area contributed by atoms with Gasteiger partial charge in [0.1, 0.15) is 17.5 Å². The van der Waals surface area contributed by atoms with Crippen molar-refractivity contribution in [2.45, 2.75) is 13.0 Å². The number of hydrogen-bond donors (Lipinski definition) is 1. The highest BCUT2D eigenvalue weighted by Crippen LogP contribution is 2.29. The fraction of sp³-hybridized carbons (Fsp3) is 0.143. The van der Waals surface area contributed by atoms with Crippen LogP contribution in [0.3, 0.4) is 0 Å². The lowest BCUT2D eigenvalue weighted by Gasteiger charge is -2.16. The number of benzene rings is 2. The topological polar surface area (TPSA) is 26.0 Å². The van der Waals surface area contributed by atoms with E-state index in [2.05, 4.69) is 0 Å². The minimum Gasteiger partial charge on any atom is -0.320 e. The molecule has 2 aromatic rings. The highest BCUT2D eigenvalue weighted by Gasteiger charge is 2.18. The van der Waals surface area contributed by atoms with E-state index in [1.807, 2.05) is 0 Å². The van der Waals surface area contributed by atoms with Crippen molar-refractivity contribution in [1.29, 1.82) is 0 Å². The van der Waals surface area contributed by atoms with Crippen LogP contribution in [-0.2, 0) is 0 Å². The van der Waals surface area contributed by atoms with Crippen molar-refractivity contribution in [2.75, 3.05) is 0 Å². The molecule has 0 amide bonds. The molecule has 0 aliphatic rings. The Bertz CT molecular complexity index is 628. The summed E-state index contributed by atoms with van der Waals surface area (Å²) < 4.78 is 40.1. The molecule has 0 fully saturated rings. The number of nitrogens with two attached hydrogens (primary N) is 1. The molecule has 19 heavy (non-hydrogen) atoms. The third kappa shape index (κ3) is 2.74. The number of rotatable bonds is 2. The van der Waals surface area contributed by atoms with Crippen molar-refractivity contribution in [1.82, 2.24) is 0 Å². The molecule has 0 saturated heterocycles. The van der Waals surface area contributed by atoms with Gasteiger partial charge in [0.05, 0.1) is 6.04 Å². The monoisotopic (exact) mass is 285 g/mol. The minimum atomic E-state index is -0.956. The summed E-state index contributed by atoms with van der Waals surface area (Å²) in [6.45, 7) is 1.50. The maximum Gasteiger partial charge on any atom is 0.131 e. The van der Waals surface area contributed by atoms with Gasteiger partial charge >= 0.3 is 0 Å². The molecule has 1 atom stereocenters. The smallest absolute Gasteiger partial charge is 0.131 e. The third-order valence-corrected chi connectivity index (χ3v) is 3.25. The molecule has 2 N–H and O–H groups in total. The Morgan fingerprint density at radius 3 is 2.37 bits per heavy atom. The quantitative estimate of drug-likeness (QED) is 0.883. The summed E-state index contributed by atoms with van der Waals surface area (Å²) in [5, 5.41) is 0.232. The van der Waals surface area contributed by atoms with E-state index in [1.165, 1.54) is 25.1 Å². The van der Waals surface area contributed by atoms with Gasteiger partial charge in [-0.3, -0.25) is 0 Å². The van der Waals surface area contributed by atoms with Crippen LogP contribution in [0.2, 0.25) is 5.02 Å². The molecule has 1 nitrogen and oxygen atoms in total. The zero-order chi connectivity index (χ0) is 14.2. The number of aryl methyl sites for hydroxylation is 1. The molecular weight excluding hydrogens is 275 g/mol. The average molecular weight is 286 g/mol. The van der Waals surface area contributed by atoms with Crippen molar-refractivity contribution in [3.8, 4) is 0 Å². The lowest BCUT2D eigenvalue weighted by atomic mass is 9.97. The molecule has 0 radical (unpaired) electrons. The minimum absolute atomic E-state index is 0.0754. The van der Waals surface area contributed by atoms with E-state index < -0.39 is 23.5 Å². The van der Waals surface area contributed by atoms with Crippen LogP contribution in [0, 0.1) is 24.4 Å². The average Bonchev–Trinajstić information content (AvgIpc) is 2.36.